The summed E-state index contributed by atoms with van der Waals surface area (Å²) in [6.45, 7) is 7.35. The molecule has 0 bridgehead atoms. The molecule has 0 aliphatic carbocycles. The molecule has 2 N–H and O–H groups in total. The smallest absolute Gasteiger partial charge is 0.424 e. The predicted octanol–water partition coefficient (Wildman–Crippen LogP) is 0.472. The molecule has 2 saturated heterocycles. The van der Waals surface area contributed by atoms with Gasteiger partial charge in [-0.25, -0.2) is 15.2 Å². The number of carbonyl (C=O) groups excluding carboxylic acids is 1. The van der Waals surface area contributed by atoms with Gasteiger partial charge < -0.3 is 10.1 Å². The summed E-state index contributed by atoms with van der Waals surface area (Å²) in [5, 5.41) is 4.93. The van der Waals surface area contributed by atoms with Crippen molar-refractivity contribution in [3.63, 3.8) is 0 Å². The fourth-order valence-corrected chi connectivity index (χ4v) is 2.01. The molecule has 0 spiro atoms. The third kappa shape index (κ3) is 2.41. The highest BCUT2D eigenvalue weighted by molar-refractivity contribution is 5.68. The lowest BCUT2D eigenvalue weighted by molar-refractivity contribution is 0.0191. The first-order valence-corrected chi connectivity index (χ1v) is 5.46. The number of nitrogens with one attached hydrogen (secondary N) is 2. The Morgan fingerprint density at radius 2 is 2.13 bits per heavy atom. The Kier molecular flexibility index (Phi) is 2.60. The summed E-state index contributed by atoms with van der Waals surface area (Å²) in [6, 6.07) is 0.773. The summed E-state index contributed by atoms with van der Waals surface area (Å²) in [5.41, 5.74) is 2.74. The second kappa shape index (κ2) is 3.64. The first kappa shape index (κ1) is 10.7. The maximum absolute atomic E-state index is 11.7. The van der Waals surface area contributed by atoms with Crippen LogP contribution < -0.4 is 10.7 Å². The molecular weight excluding hydrogens is 194 g/mol. The molecule has 2 rings (SSSR count). The Morgan fingerprint density at radius 1 is 1.40 bits per heavy atom. The molecule has 5 nitrogen and oxygen atoms in total. The van der Waals surface area contributed by atoms with Gasteiger partial charge in [0, 0.05) is 12.1 Å². The zero-order chi connectivity index (χ0) is 11.1. The van der Waals surface area contributed by atoms with Crippen LogP contribution in [-0.4, -0.2) is 41.9 Å². The van der Waals surface area contributed by atoms with E-state index in [0.717, 1.165) is 13.0 Å². The van der Waals surface area contributed by atoms with E-state index in [9.17, 15) is 4.79 Å². The minimum absolute atomic E-state index is 0.279. The van der Waals surface area contributed by atoms with Gasteiger partial charge in [0.05, 0.1) is 6.54 Å². The van der Waals surface area contributed by atoms with Crippen LogP contribution in [0.3, 0.4) is 0 Å². The van der Waals surface area contributed by atoms with Crippen LogP contribution in [0, 0.1) is 0 Å². The largest absolute Gasteiger partial charge is 0.443 e. The van der Waals surface area contributed by atoms with E-state index in [1.165, 1.54) is 0 Å². The topological polar surface area (TPSA) is 53.6 Å². The van der Waals surface area contributed by atoms with Gasteiger partial charge in [0.15, 0.2) is 0 Å². The number of fused-ring (bicyclic) bond motifs is 1. The zero-order valence-corrected chi connectivity index (χ0v) is 9.54. The van der Waals surface area contributed by atoms with Crippen molar-refractivity contribution in [2.24, 2.45) is 0 Å². The Hall–Kier alpha value is -0.810. The third-order valence-electron chi connectivity index (χ3n) is 2.66. The van der Waals surface area contributed by atoms with Gasteiger partial charge in [-0.1, -0.05) is 0 Å². The average Bonchev–Trinajstić information content (AvgIpc) is 2.56. The van der Waals surface area contributed by atoms with Gasteiger partial charge >= 0.3 is 6.09 Å². The lowest BCUT2D eigenvalue weighted by atomic mass is 10.2. The van der Waals surface area contributed by atoms with E-state index in [1.54, 1.807) is 5.01 Å². The van der Waals surface area contributed by atoms with Crippen LogP contribution in [-0.2, 0) is 4.74 Å². The van der Waals surface area contributed by atoms with Crippen molar-refractivity contribution >= 4 is 6.09 Å². The molecule has 2 aliphatic heterocycles. The van der Waals surface area contributed by atoms with Crippen LogP contribution in [0.25, 0.3) is 0 Å². The minimum Gasteiger partial charge on any atom is -0.443 e. The highest BCUT2D eigenvalue weighted by atomic mass is 16.6. The number of ether oxygens (including phenoxy) is 1. The SMILES string of the molecule is CC(C)(C)OC(=O)N1CC2NCCC2N1. The van der Waals surface area contributed by atoms with Gasteiger partial charge in [-0.15, -0.1) is 0 Å². The summed E-state index contributed by atoms with van der Waals surface area (Å²) in [4.78, 5) is 11.7. The molecule has 5 heteroatoms. The zero-order valence-electron chi connectivity index (χ0n) is 9.54. The Bertz CT molecular complexity index is 250. The molecule has 0 saturated carbocycles. The standard InChI is InChI=1S/C10H19N3O2/c1-10(2,3)15-9(14)13-6-8-7(12-13)4-5-11-8/h7-8,11-12H,4-6H2,1-3H3. The maximum Gasteiger partial charge on any atom is 0.424 e. The van der Waals surface area contributed by atoms with Crippen molar-refractivity contribution in [3.05, 3.63) is 0 Å². The number of rotatable bonds is 0. The van der Waals surface area contributed by atoms with Crippen molar-refractivity contribution in [1.29, 1.82) is 0 Å². The van der Waals surface area contributed by atoms with Crippen molar-refractivity contribution < 1.29 is 9.53 Å². The van der Waals surface area contributed by atoms with Gasteiger partial charge in [0.25, 0.3) is 0 Å². The third-order valence-corrected chi connectivity index (χ3v) is 2.66. The molecule has 0 aromatic heterocycles. The summed E-state index contributed by atoms with van der Waals surface area (Å²) in [5.74, 6) is 0. The Balaban J connectivity index is 1.88. The predicted molar refractivity (Wildman–Crippen MR) is 56.3 cm³/mol. The summed E-state index contributed by atoms with van der Waals surface area (Å²) in [6.07, 6.45) is 0.794. The molecular formula is C10H19N3O2. The first-order chi connectivity index (χ1) is 6.96. The van der Waals surface area contributed by atoms with E-state index in [1.807, 2.05) is 20.8 Å². The quantitative estimate of drug-likeness (QED) is 0.614. The fraction of sp³-hybridized carbons (Fsp3) is 0.900. The highest BCUT2D eigenvalue weighted by Crippen LogP contribution is 2.17. The molecule has 0 radical (unpaired) electrons. The van der Waals surface area contributed by atoms with Crippen molar-refractivity contribution in [3.8, 4) is 0 Å². The normalized spacial score (nSPS) is 30.5. The van der Waals surface area contributed by atoms with Gasteiger partial charge in [0.1, 0.15) is 5.60 Å². The Labute approximate surface area is 90.1 Å². The first-order valence-electron chi connectivity index (χ1n) is 5.46. The van der Waals surface area contributed by atoms with Gasteiger partial charge in [-0.3, -0.25) is 0 Å². The molecule has 0 aromatic rings. The molecule has 1 amide bonds. The van der Waals surface area contributed by atoms with E-state index in [4.69, 9.17) is 4.74 Å². The number of carbonyl (C=O) groups is 1. The van der Waals surface area contributed by atoms with E-state index < -0.39 is 5.60 Å². The molecule has 2 heterocycles. The van der Waals surface area contributed by atoms with Crippen molar-refractivity contribution in [1.82, 2.24) is 15.8 Å². The second-order valence-corrected chi connectivity index (χ2v) is 5.18. The van der Waals surface area contributed by atoms with Gasteiger partial charge in [-0.2, -0.15) is 0 Å². The monoisotopic (exact) mass is 213 g/mol. The molecule has 0 aromatic carbocycles. The van der Waals surface area contributed by atoms with Crippen LogP contribution in [0.4, 0.5) is 4.79 Å². The van der Waals surface area contributed by atoms with Crippen LogP contribution in [0.2, 0.25) is 0 Å². The van der Waals surface area contributed by atoms with E-state index in [-0.39, 0.29) is 6.09 Å². The minimum atomic E-state index is -0.427. The number of hydrogen-bond acceptors (Lipinski definition) is 4. The number of hydrogen-bond donors (Lipinski definition) is 2. The molecule has 2 unspecified atom stereocenters. The van der Waals surface area contributed by atoms with Crippen LogP contribution in [0.5, 0.6) is 0 Å². The van der Waals surface area contributed by atoms with Crippen LogP contribution in [0.1, 0.15) is 27.2 Å². The lowest BCUT2D eigenvalue weighted by Crippen LogP contribution is -2.43. The van der Waals surface area contributed by atoms with E-state index in [2.05, 4.69) is 10.7 Å². The van der Waals surface area contributed by atoms with Crippen LogP contribution in [0.15, 0.2) is 0 Å². The summed E-state index contributed by atoms with van der Waals surface area (Å²) < 4.78 is 5.28. The summed E-state index contributed by atoms with van der Waals surface area (Å²) in [7, 11) is 0. The molecule has 15 heavy (non-hydrogen) atoms. The molecule has 2 atom stereocenters. The van der Waals surface area contributed by atoms with E-state index >= 15 is 0 Å². The lowest BCUT2D eigenvalue weighted by Gasteiger charge is -2.24. The molecule has 2 aliphatic rings. The van der Waals surface area contributed by atoms with Crippen molar-refractivity contribution in [2.75, 3.05) is 13.1 Å². The van der Waals surface area contributed by atoms with Gasteiger partial charge in [0.2, 0.25) is 0 Å². The fourth-order valence-electron chi connectivity index (χ4n) is 2.01. The average molecular weight is 213 g/mol. The number of hydrazine groups is 1. The van der Waals surface area contributed by atoms with Crippen LogP contribution >= 0.6 is 0 Å². The second-order valence-electron chi connectivity index (χ2n) is 5.18. The Morgan fingerprint density at radius 3 is 2.73 bits per heavy atom. The van der Waals surface area contributed by atoms with Crippen molar-refractivity contribution in [2.45, 2.75) is 44.9 Å². The number of amides is 1. The van der Waals surface area contributed by atoms with E-state index in [0.29, 0.717) is 18.6 Å². The number of nitrogens with zero attached hydrogens (tertiary/aromatic N) is 1. The molecule has 86 valence electrons. The summed E-state index contributed by atoms with van der Waals surface area (Å²) >= 11 is 0. The maximum atomic E-state index is 11.7. The highest BCUT2D eigenvalue weighted by Gasteiger charge is 2.39. The van der Waals surface area contributed by atoms with Gasteiger partial charge in [-0.05, 0) is 33.7 Å². The molecule has 2 fully saturated rings.